The van der Waals surface area contributed by atoms with Gasteiger partial charge in [0.2, 0.25) is 0 Å². The summed E-state index contributed by atoms with van der Waals surface area (Å²) in [6.45, 7) is 6.24. The van der Waals surface area contributed by atoms with Gasteiger partial charge in [-0.1, -0.05) is 32.0 Å². The molecule has 0 saturated heterocycles. The SMILES string of the molecule is CC.Cc1ccc2c(c1)S(=O)N=C(C1=C(O)[C@@H]3[C@H]4CCC(C4)[C@@H]3N(Cc3ccc(F)cc3)C1=O)N2. The predicted molar refractivity (Wildman–Crippen MR) is 135 cm³/mol. The normalized spacial score (nSPS) is 28.6. The Bertz CT molecular complexity index is 1260. The molecule has 184 valence electrons. The van der Waals surface area contributed by atoms with Crippen LogP contribution in [0.15, 0.2) is 63.1 Å². The van der Waals surface area contributed by atoms with Crippen molar-refractivity contribution in [2.45, 2.75) is 57.5 Å². The largest absolute Gasteiger partial charge is 0.511 e. The van der Waals surface area contributed by atoms with Gasteiger partial charge in [-0.25, -0.2) is 8.60 Å². The van der Waals surface area contributed by atoms with E-state index in [-0.39, 0.29) is 40.9 Å². The van der Waals surface area contributed by atoms with Gasteiger partial charge in [-0.05, 0) is 73.4 Å². The summed E-state index contributed by atoms with van der Waals surface area (Å²) < 4.78 is 30.6. The number of aliphatic hydroxyl groups is 1. The molecule has 8 heteroatoms. The lowest BCUT2D eigenvalue weighted by Gasteiger charge is -2.44. The Labute approximate surface area is 207 Å². The summed E-state index contributed by atoms with van der Waals surface area (Å²) in [5, 5.41) is 14.5. The molecule has 2 fully saturated rings. The van der Waals surface area contributed by atoms with E-state index in [1.165, 1.54) is 12.1 Å². The molecule has 2 saturated carbocycles. The number of aryl methyl sites for hydroxylation is 1. The minimum absolute atomic E-state index is 0.0615. The average molecular weight is 496 g/mol. The molecular weight excluding hydrogens is 465 g/mol. The van der Waals surface area contributed by atoms with Gasteiger partial charge in [0, 0.05) is 18.5 Å². The third-order valence-corrected chi connectivity index (χ3v) is 8.60. The number of amides is 1. The van der Waals surface area contributed by atoms with Crippen LogP contribution in [0.3, 0.4) is 0 Å². The Kier molecular flexibility index (Phi) is 6.25. The van der Waals surface area contributed by atoms with Gasteiger partial charge in [-0.2, -0.15) is 4.40 Å². The first kappa shape index (κ1) is 23.7. The van der Waals surface area contributed by atoms with E-state index < -0.39 is 11.0 Å². The molecule has 2 aromatic rings. The van der Waals surface area contributed by atoms with Crippen LogP contribution in [0.4, 0.5) is 10.1 Å². The third kappa shape index (κ3) is 3.97. The second-order valence-corrected chi connectivity index (χ2v) is 10.6. The van der Waals surface area contributed by atoms with Crippen LogP contribution in [0.25, 0.3) is 0 Å². The minimum atomic E-state index is -1.68. The van der Waals surface area contributed by atoms with Crippen molar-refractivity contribution in [3.05, 3.63) is 70.7 Å². The van der Waals surface area contributed by atoms with E-state index in [0.717, 1.165) is 30.4 Å². The summed E-state index contributed by atoms with van der Waals surface area (Å²) in [6.07, 6.45) is 3.04. The van der Waals surface area contributed by atoms with Gasteiger partial charge in [0.15, 0.2) is 16.8 Å². The van der Waals surface area contributed by atoms with E-state index in [9.17, 15) is 18.5 Å². The summed E-state index contributed by atoms with van der Waals surface area (Å²) in [7, 11) is -1.68. The molecule has 5 atom stereocenters. The maximum atomic E-state index is 13.8. The highest BCUT2D eigenvalue weighted by molar-refractivity contribution is 7.84. The van der Waals surface area contributed by atoms with E-state index in [4.69, 9.17) is 0 Å². The van der Waals surface area contributed by atoms with Crippen LogP contribution >= 0.6 is 0 Å². The second-order valence-electron chi connectivity index (χ2n) is 9.48. The average Bonchev–Trinajstić information content (AvgIpc) is 3.47. The fourth-order valence-electron chi connectivity index (χ4n) is 6.10. The zero-order valence-electron chi connectivity index (χ0n) is 20.1. The van der Waals surface area contributed by atoms with Crippen LogP contribution < -0.4 is 5.32 Å². The van der Waals surface area contributed by atoms with Crippen molar-refractivity contribution in [3.8, 4) is 0 Å². The summed E-state index contributed by atoms with van der Waals surface area (Å²) in [4.78, 5) is 16.2. The number of aliphatic hydroxyl groups excluding tert-OH is 1. The number of amidine groups is 1. The van der Waals surface area contributed by atoms with Crippen LogP contribution in [0, 0.1) is 30.5 Å². The Hall–Kier alpha value is -3.00. The summed E-state index contributed by atoms with van der Waals surface area (Å²) in [5.74, 6) is 0.0510. The van der Waals surface area contributed by atoms with Crippen molar-refractivity contribution < 1.29 is 18.5 Å². The summed E-state index contributed by atoms with van der Waals surface area (Å²) >= 11 is 0. The fourth-order valence-corrected chi connectivity index (χ4v) is 7.10. The van der Waals surface area contributed by atoms with Gasteiger partial charge in [0.05, 0.1) is 10.6 Å². The Morgan fingerprint density at radius 3 is 2.60 bits per heavy atom. The van der Waals surface area contributed by atoms with Crippen LogP contribution in [0.5, 0.6) is 0 Å². The molecule has 2 heterocycles. The highest BCUT2D eigenvalue weighted by Crippen LogP contribution is 2.55. The van der Waals surface area contributed by atoms with Crippen molar-refractivity contribution in [2.24, 2.45) is 22.2 Å². The molecule has 2 N–H and O–H groups in total. The molecule has 0 radical (unpaired) electrons. The Balaban J connectivity index is 0.00000124. The molecule has 2 bridgehead atoms. The lowest BCUT2D eigenvalue weighted by Crippen LogP contribution is -2.53. The van der Waals surface area contributed by atoms with Crippen LogP contribution in [-0.4, -0.2) is 32.0 Å². The number of nitrogens with one attached hydrogen (secondary N) is 1. The van der Waals surface area contributed by atoms with Gasteiger partial charge in [0.25, 0.3) is 5.91 Å². The van der Waals surface area contributed by atoms with Gasteiger partial charge in [-0.15, -0.1) is 0 Å². The zero-order chi connectivity index (χ0) is 24.9. The highest BCUT2D eigenvalue weighted by atomic mass is 32.2. The van der Waals surface area contributed by atoms with E-state index in [1.54, 1.807) is 12.1 Å². The van der Waals surface area contributed by atoms with E-state index >= 15 is 0 Å². The number of rotatable bonds is 3. The Morgan fingerprint density at radius 1 is 1.14 bits per heavy atom. The molecule has 2 aliphatic carbocycles. The Morgan fingerprint density at radius 2 is 1.86 bits per heavy atom. The number of hydrogen-bond acceptors (Lipinski definition) is 4. The molecule has 6 rings (SSSR count). The van der Waals surface area contributed by atoms with Crippen molar-refractivity contribution in [1.29, 1.82) is 0 Å². The van der Waals surface area contributed by atoms with Gasteiger partial charge >= 0.3 is 0 Å². The van der Waals surface area contributed by atoms with Gasteiger partial charge in [-0.3, -0.25) is 4.79 Å². The zero-order valence-corrected chi connectivity index (χ0v) is 20.9. The predicted octanol–water partition coefficient (Wildman–Crippen LogP) is 5.28. The number of hydrogen-bond donors (Lipinski definition) is 2. The number of fused-ring (bicyclic) bond motifs is 6. The summed E-state index contributed by atoms with van der Waals surface area (Å²) in [5.41, 5.74) is 2.52. The van der Waals surface area contributed by atoms with Crippen molar-refractivity contribution >= 4 is 28.4 Å². The van der Waals surface area contributed by atoms with Crippen LogP contribution in [-0.2, 0) is 22.3 Å². The number of anilines is 1. The number of benzene rings is 2. The monoisotopic (exact) mass is 495 g/mol. The first-order valence-electron chi connectivity index (χ1n) is 12.3. The van der Waals surface area contributed by atoms with E-state index in [1.807, 2.05) is 43.9 Å². The molecule has 1 amide bonds. The molecule has 35 heavy (non-hydrogen) atoms. The van der Waals surface area contributed by atoms with Gasteiger partial charge < -0.3 is 15.3 Å². The van der Waals surface area contributed by atoms with Crippen LogP contribution in [0.2, 0.25) is 0 Å². The van der Waals surface area contributed by atoms with Crippen LogP contribution in [0.1, 0.15) is 44.2 Å². The van der Waals surface area contributed by atoms with Crippen molar-refractivity contribution in [2.75, 3.05) is 5.32 Å². The first-order valence-corrected chi connectivity index (χ1v) is 13.4. The maximum Gasteiger partial charge on any atom is 0.261 e. The highest BCUT2D eigenvalue weighted by Gasteiger charge is 2.57. The van der Waals surface area contributed by atoms with Crippen molar-refractivity contribution in [3.63, 3.8) is 0 Å². The molecule has 2 unspecified atom stereocenters. The quantitative estimate of drug-likeness (QED) is 0.607. The third-order valence-electron chi connectivity index (χ3n) is 7.53. The van der Waals surface area contributed by atoms with Crippen molar-refractivity contribution in [1.82, 2.24) is 4.90 Å². The standard InChI is InChI=1S/C25H24FN3O3S.C2H6/c1-13-2-9-18-19(10-13)33(32)28-24(27-18)21-23(30)20-15-5-6-16(11-15)22(20)29(25(21)31)12-14-3-7-17(26)8-4-14;1-2/h2-4,7-10,15-16,20,22,30H,5-6,11-12H2,1H3,(H,27,28);1-2H3/t15-,16?,20+,22-,33?;/m0./s1. The molecule has 6 nitrogen and oxygen atoms in total. The number of carbonyl (C=O) groups is 1. The molecule has 0 spiro atoms. The molecule has 2 aromatic carbocycles. The molecular formula is C27H30FN3O3S. The first-order chi connectivity index (χ1) is 16.9. The smallest absolute Gasteiger partial charge is 0.261 e. The van der Waals surface area contributed by atoms with E-state index in [2.05, 4.69) is 9.71 Å². The number of halogens is 1. The maximum absolute atomic E-state index is 13.8. The molecule has 2 aliphatic heterocycles. The lowest BCUT2D eigenvalue weighted by atomic mass is 9.77. The number of carbonyl (C=O) groups excluding carboxylic acids is 1. The molecule has 0 aromatic heterocycles. The fraction of sp³-hybridized carbons (Fsp3) is 0.407. The molecule has 4 aliphatic rings. The number of nitrogens with zero attached hydrogens (tertiary/aromatic N) is 2. The lowest BCUT2D eigenvalue weighted by molar-refractivity contribution is -0.134. The minimum Gasteiger partial charge on any atom is -0.511 e. The van der Waals surface area contributed by atoms with Gasteiger partial charge in [0.1, 0.15) is 17.1 Å². The van der Waals surface area contributed by atoms with E-state index in [0.29, 0.717) is 29.0 Å². The summed E-state index contributed by atoms with van der Waals surface area (Å²) in [6, 6.07) is 11.6. The second kappa shape index (κ2) is 9.22. The topological polar surface area (TPSA) is 82.0 Å².